The standard InChI is InChI=1S/C31H30N2O5/c1-20-6-4-7-23(18-20)29-27-19-26(38-21(2)30(34)32-24-10-13-25(36-3)14-11-24)12-9-22(27)15-16-33(29)31(35)28-8-5-17-37-28/h4-14,17-19,21,29H,15-16H2,1-3H3,(H,32,34)/t21-,29-/m1/s1. The Bertz CT molecular complexity index is 1430. The van der Waals surface area contributed by atoms with Crippen LogP contribution < -0.4 is 14.8 Å². The molecule has 0 saturated heterocycles. The van der Waals surface area contributed by atoms with Gasteiger partial charge in [-0.3, -0.25) is 9.59 Å². The average molecular weight is 511 g/mol. The second-order valence-electron chi connectivity index (χ2n) is 9.38. The molecule has 0 bridgehead atoms. The number of nitrogens with zero attached hydrogens (tertiary/aromatic N) is 1. The Morgan fingerprint density at radius 2 is 1.79 bits per heavy atom. The third kappa shape index (κ3) is 5.27. The summed E-state index contributed by atoms with van der Waals surface area (Å²) in [5.41, 5.74) is 4.89. The first-order chi connectivity index (χ1) is 18.4. The molecule has 0 saturated carbocycles. The topological polar surface area (TPSA) is 81.0 Å². The van der Waals surface area contributed by atoms with Crippen LogP contribution in [-0.4, -0.2) is 36.5 Å². The van der Waals surface area contributed by atoms with Crippen molar-refractivity contribution in [2.24, 2.45) is 0 Å². The highest BCUT2D eigenvalue weighted by atomic mass is 16.5. The molecule has 0 spiro atoms. The van der Waals surface area contributed by atoms with E-state index < -0.39 is 6.10 Å². The summed E-state index contributed by atoms with van der Waals surface area (Å²) in [5.74, 6) is 1.15. The van der Waals surface area contributed by atoms with Crippen LogP contribution in [0.15, 0.2) is 89.5 Å². The Labute approximate surface area is 222 Å². The van der Waals surface area contributed by atoms with Crippen molar-refractivity contribution in [2.75, 3.05) is 19.0 Å². The van der Waals surface area contributed by atoms with Crippen molar-refractivity contribution < 1.29 is 23.5 Å². The molecule has 1 aromatic heterocycles. The zero-order chi connectivity index (χ0) is 26.6. The lowest BCUT2D eigenvalue weighted by atomic mass is 9.87. The number of hydrogen-bond donors (Lipinski definition) is 1. The highest BCUT2D eigenvalue weighted by molar-refractivity contribution is 5.94. The van der Waals surface area contributed by atoms with Crippen LogP contribution in [0.5, 0.6) is 11.5 Å². The number of fused-ring (bicyclic) bond motifs is 1. The van der Waals surface area contributed by atoms with Gasteiger partial charge < -0.3 is 24.1 Å². The largest absolute Gasteiger partial charge is 0.497 e. The number of carbonyl (C=O) groups excluding carboxylic acids is 2. The van der Waals surface area contributed by atoms with E-state index in [4.69, 9.17) is 13.9 Å². The van der Waals surface area contributed by atoms with E-state index >= 15 is 0 Å². The SMILES string of the molecule is COc1ccc(NC(=O)[C@@H](C)Oc2ccc3c(c2)[C@@H](c2cccc(C)c2)N(C(=O)c2ccco2)CC3)cc1. The first kappa shape index (κ1) is 25.1. The fraction of sp³-hybridized carbons (Fsp3) is 0.226. The van der Waals surface area contributed by atoms with Crippen LogP contribution in [0.25, 0.3) is 0 Å². The lowest BCUT2D eigenvalue weighted by molar-refractivity contribution is -0.122. The summed E-state index contributed by atoms with van der Waals surface area (Å²) >= 11 is 0. The second-order valence-corrected chi connectivity index (χ2v) is 9.38. The Kier molecular flexibility index (Phi) is 7.18. The monoisotopic (exact) mass is 510 g/mol. The van der Waals surface area contributed by atoms with Crippen LogP contribution in [0.3, 0.4) is 0 Å². The molecular weight excluding hydrogens is 480 g/mol. The molecular formula is C31H30N2O5. The van der Waals surface area contributed by atoms with Gasteiger partial charge in [-0.1, -0.05) is 35.9 Å². The van der Waals surface area contributed by atoms with Gasteiger partial charge in [-0.05, 0) is 85.5 Å². The molecule has 7 heteroatoms. The molecule has 1 aliphatic heterocycles. The van der Waals surface area contributed by atoms with E-state index in [2.05, 4.69) is 11.4 Å². The predicted octanol–water partition coefficient (Wildman–Crippen LogP) is 5.79. The first-order valence-corrected chi connectivity index (χ1v) is 12.6. The van der Waals surface area contributed by atoms with E-state index in [1.165, 1.54) is 6.26 Å². The molecule has 1 N–H and O–H groups in total. The Morgan fingerprint density at radius 1 is 1.00 bits per heavy atom. The fourth-order valence-corrected chi connectivity index (χ4v) is 4.80. The minimum absolute atomic E-state index is 0.161. The van der Waals surface area contributed by atoms with Gasteiger partial charge in [0, 0.05) is 12.2 Å². The number of nitrogens with one attached hydrogen (secondary N) is 1. The van der Waals surface area contributed by atoms with Crippen LogP contribution in [0, 0.1) is 6.92 Å². The summed E-state index contributed by atoms with van der Waals surface area (Å²) < 4.78 is 16.7. The molecule has 4 aromatic rings. The summed E-state index contributed by atoms with van der Waals surface area (Å²) in [6.07, 6.45) is 1.48. The highest BCUT2D eigenvalue weighted by Crippen LogP contribution is 2.38. The van der Waals surface area contributed by atoms with Crippen molar-refractivity contribution in [3.8, 4) is 11.5 Å². The number of methoxy groups -OCH3 is 1. The van der Waals surface area contributed by atoms with Crippen LogP contribution in [-0.2, 0) is 11.2 Å². The summed E-state index contributed by atoms with van der Waals surface area (Å²) in [7, 11) is 1.59. The van der Waals surface area contributed by atoms with E-state index in [-0.39, 0.29) is 17.9 Å². The zero-order valence-corrected chi connectivity index (χ0v) is 21.6. The van der Waals surface area contributed by atoms with Crippen LogP contribution in [0.1, 0.15) is 45.8 Å². The van der Waals surface area contributed by atoms with E-state index in [1.54, 1.807) is 50.4 Å². The maximum absolute atomic E-state index is 13.4. The molecule has 194 valence electrons. The Morgan fingerprint density at radius 3 is 2.50 bits per heavy atom. The predicted molar refractivity (Wildman–Crippen MR) is 145 cm³/mol. The van der Waals surface area contributed by atoms with Crippen molar-refractivity contribution in [1.29, 1.82) is 0 Å². The molecule has 0 fully saturated rings. The van der Waals surface area contributed by atoms with Gasteiger partial charge in [-0.25, -0.2) is 0 Å². The zero-order valence-electron chi connectivity index (χ0n) is 21.6. The van der Waals surface area contributed by atoms with Crippen LogP contribution in [0.2, 0.25) is 0 Å². The number of ether oxygens (including phenoxy) is 2. The molecule has 2 atom stereocenters. The van der Waals surface area contributed by atoms with E-state index in [9.17, 15) is 9.59 Å². The Hall–Kier alpha value is -4.52. The van der Waals surface area contributed by atoms with Crippen molar-refractivity contribution >= 4 is 17.5 Å². The summed E-state index contributed by atoms with van der Waals surface area (Å²) in [6.45, 7) is 4.31. The molecule has 0 radical (unpaired) electrons. The fourth-order valence-electron chi connectivity index (χ4n) is 4.80. The number of furan rings is 1. The van der Waals surface area contributed by atoms with E-state index in [0.717, 1.165) is 22.3 Å². The summed E-state index contributed by atoms with van der Waals surface area (Å²) in [6, 6.07) is 24.2. The molecule has 5 rings (SSSR count). The van der Waals surface area contributed by atoms with Crippen LogP contribution >= 0.6 is 0 Å². The van der Waals surface area contributed by atoms with Crippen molar-refractivity contribution in [3.05, 3.63) is 113 Å². The summed E-state index contributed by atoms with van der Waals surface area (Å²) in [5, 5.41) is 2.87. The van der Waals surface area contributed by atoms with Crippen molar-refractivity contribution in [1.82, 2.24) is 4.90 Å². The molecule has 3 aromatic carbocycles. The van der Waals surface area contributed by atoms with Crippen molar-refractivity contribution in [3.63, 3.8) is 0 Å². The first-order valence-electron chi connectivity index (χ1n) is 12.6. The van der Waals surface area contributed by atoms with Gasteiger partial charge in [0.2, 0.25) is 0 Å². The molecule has 38 heavy (non-hydrogen) atoms. The molecule has 2 heterocycles. The lowest BCUT2D eigenvalue weighted by Crippen LogP contribution is -2.40. The highest BCUT2D eigenvalue weighted by Gasteiger charge is 2.34. The molecule has 2 amide bonds. The number of rotatable bonds is 7. The average Bonchev–Trinajstić information content (AvgIpc) is 3.47. The van der Waals surface area contributed by atoms with Crippen molar-refractivity contribution in [2.45, 2.75) is 32.4 Å². The second kappa shape index (κ2) is 10.8. The number of anilines is 1. The van der Waals surface area contributed by atoms with Gasteiger partial charge in [0.05, 0.1) is 19.4 Å². The summed E-state index contributed by atoms with van der Waals surface area (Å²) in [4.78, 5) is 28.1. The molecule has 0 aliphatic carbocycles. The number of amides is 2. The number of benzene rings is 3. The van der Waals surface area contributed by atoms with Gasteiger partial charge >= 0.3 is 0 Å². The van der Waals surface area contributed by atoms with Gasteiger partial charge in [0.1, 0.15) is 11.5 Å². The Balaban J connectivity index is 1.41. The smallest absolute Gasteiger partial charge is 0.290 e. The third-order valence-electron chi connectivity index (χ3n) is 6.74. The molecule has 7 nitrogen and oxygen atoms in total. The van der Waals surface area contributed by atoms with Gasteiger partial charge in [-0.2, -0.15) is 0 Å². The molecule has 1 aliphatic rings. The van der Waals surface area contributed by atoms with E-state index in [1.807, 2.05) is 48.2 Å². The minimum Gasteiger partial charge on any atom is -0.497 e. The van der Waals surface area contributed by atoms with Gasteiger partial charge in [0.25, 0.3) is 11.8 Å². The maximum atomic E-state index is 13.4. The lowest BCUT2D eigenvalue weighted by Gasteiger charge is -2.37. The van der Waals surface area contributed by atoms with Crippen LogP contribution in [0.4, 0.5) is 5.69 Å². The number of hydrogen-bond acceptors (Lipinski definition) is 5. The van der Waals surface area contributed by atoms with E-state index in [0.29, 0.717) is 35.9 Å². The molecule has 0 unspecified atom stereocenters. The van der Waals surface area contributed by atoms with Gasteiger partial charge in [-0.15, -0.1) is 0 Å². The normalized spacial score (nSPS) is 15.3. The third-order valence-corrected chi connectivity index (χ3v) is 6.74. The minimum atomic E-state index is -0.739. The maximum Gasteiger partial charge on any atom is 0.290 e. The van der Waals surface area contributed by atoms with Gasteiger partial charge in [0.15, 0.2) is 11.9 Å². The number of aryl methyl sites for hydroxylation is 1. The quantitative estimate of drug-likeness (QED) is 0.340. The number of carbonyl (C=O) groups is 2.